The van der Waals surface area contributed by atoms with Gasteiger partial charge in [0.05, 0.1) is 5.70 Å². The van der Waals surface area contributed by atoms with Crippen LogP contribution in [-0.2, 0) is 19.4 Å². The maximum atomic E-state index is 13.1. The predicted octanol–water partition coefficient (Wildman–Crippen LogP) is 3.53. The maximum Gasteiger partial charge on any atom is 0.254 e. The Kier molecular flexibility index (Phi) is 9.10. The summed E-state index contributed by atoms with van der Waals surface area (Å²) in [6.07, 6.45) is 8.40. The van der Waals surface area contributed by atoms with E-state index in [-0.39, 0.29) is 5.91 Å². The van der Waals surface area contributed by atoms with Crippen molar-refractivity contribution < 1.29 is 9.90 Å². The molecule has 0 aliphatic carbocycles. The van der Waals surface area contributed by atoms with Crippen LogP contribution in [0.25, 0.3) is 0 Å². The highest BCUT2D eigenvalue weighted by Gasteiger charge is 2.24. The van der Waals surface area contributed by atoms with Crippen LogP contribution in [0.4, 0.5) is 5.69 Å². The maximum absolute atomic E-state index is 13.1. The largest absolute Gasteiger partial charge is 0.403 e. The van der Waals surface area contributed by atoms with Crippen molar-refractivity contribution in [1.29, 1.82) is 0 Å². The highest BCUT2D eigenvalue weighted by molar-refractivity contribution is 5.97. The molecule has 0 saturated heterocycles. The Morgan fingerprint density at radius 2 is 1.82 bits per heavy atom. The van der Waals surface area contributed by atoms with Crippen LogP contribution in [0.15, 0.2) is 66.5 Å². The number of hydrogen-bond donors (Lipinski definition) is 3. The van der Waals surface area contributed by atoms with Gasteiger partial charge in [0.2, 0.25) is 0 Å². The van der Waals surface area contributed by atoms with Gasteiger partial charge < -0.3 is 21.1 Å². The van der Waals surface area contributed by atoms with Crippen LogP contribution in [0.2, 0.25) is 0 Å². The summed E-state index contributed by atoms with van der Waals surface area (Å²) < 4.78 is 0. The van der Waals surface area contributed by atoms with Crippen molar-refractivity contribution in [3.05, 3.63) is 88.8 Å². The van der Waals surface area contributed by atoms with Gasteiger partial charge >= 0.3 is 0 Å². The van der Waals surface area contributed by atoms with Gasteiger partial charge in [0.1, 0.15) is 0 Å². The van der Waals surface area contributed by atoms with E-state index in [1.807, 2.05) is 36.1 Å². The van der Waals surface area contributed by atoms with Gasteiger partial charge in [-0.05, 0) is 61.1 Å². The van der Waals surface area contributed by atoms with Crippen molar-refractivity contribution in [2.45, 2.75) is 32.7 Å². The summed E-state index contributed by atoms with van der Waals surface area (Å²) in [5.41, 5.74) is 12.2. The molecular weight excluding hydrogens is 412 g/mol. The third kappa shape index (κ3) is 6.24. The van der Waals surface area contributed by atoms with Crippen molar-refractivity contribution in [2.75, 3.05) is 38.6 Å². The topological polar surface area (TPSA) is 81.8 Å². The summed E-state index contributed by atoms with van der Waals surface area (Å²) in [4.78, 5) is 17.6. The van der Waals surface area contributed by atoms with Crippen LogP contribution < -0.4 is 11.1 Å². The molecule has 2 heterocycles. The molecular formula is C27H36N4O2. The molecule has 6 nitrogen and oxygen atoms in total. The molecule has 0 saturated carbocycles. The lowest BCUT2D eigenvalue weighted by molar-refractivity contribution is 0.0730. The number of rotatable bonds is 7. The van der Waals surface area contributed by atoms with Crippen LogP contribution in [0.1, 0.15) is 40.4 Å². The fourth-order valence-corrected chi connectivity index (χ4v) is 4.53. The number of carbonyl (C=O) groups is 1. The average Bonchev–Trinajstić information content (AvgIpc) is 2.86. The van der Waals surface area contributed by atoms with Crippen molar-refractivity contribution >= 4 is 11.6 Å². The zero-order valence-electron chi connectivity index (χ0n) is 19.8. The molecule has 0 unspecified atom stereocenters. The number of nitrogens with two attached hydrogens (primary N) is 1. The van der Waals surface area contributed by atoms with Crippen molar-refractivity contribution in [2.24, 2.45) is 5.73 Å². The molecule has 0 aromatic heterocycles. The second-order valence-corrected chi connectivity index (χ2v) is 8.31. The Bertz CT molecular complexity index is 999. The number of aliphatic hydroxyl groups excluding tert-OH is 1. The quantitative estimate of drug-likeness (QED) is 0.565. The fraction of sp³-hybridized carbons (Fsp3) is 0.370. The molecule has 6 heteroatoms. The molecule has 0 radical (unpaired) electrons. The highest BCUT2D eigenvalue weighted by Crippen LogP contribution is 2.24. The Morgan fingerprint density at radius 1 is 1.06 bits per heavy atom. The van der Waals surface area contributed by atoms with E-state index in [1.54, 1.807) is 0 Å². The molecule has 0 atom stereocenters. The van der Waals surface area contributed by atoms with Gasteiger partial charge in [0, 0.05) is 57.3 Å². The van der Waals surface area contributed by atoms with Gasteiger partial charge in [-0.3, -0.25) is 9.69 Å². The lowest BCUT2D eigenvalue weighted by Gasteiger charge is -2.31. The number of nitrogens with one attached hydrogen (secondary N) is 1. The molecule has 0 spiro atoms. The van der Waals surface area contributed by atoms with E-state index >= 15 is 0 Å². The summed E-state index contributed by atoms with van der Waals surface area (Å²) in [6, 6.07) is 14.8. The third-order valence-corrected chi connectivity index (χ3v) is 6.21. The van der Waals surface area contributed by atoms with Gasteiger partial charge in [-0.15, -0.1) is 0 Å². The first-order chi connectivity index (χ1) is 16.2. The van der Waals surface area contributed by atoms with Crippen LogP contribution in [0.3, 0.4) is 0 Å². The van der Waals surface area contributed by atoms with E-state index in [0.717, 1.165) is 81.6 Å². The summed E-state index contributed by atoms with van der Waals surface area (Å²) in [5.74, 6) is 0.137. The highest BCUT2D eigenvalue weighted by atomic mass is 16.2. The number of nitrogens with zero attached hydrogens (tertiary/aromatic N) is 2. The van der Waals surface area contributed by atoms with Crippen LogP contribution >= 0.6 is 0 Å². The normalized spacial score (nSPS) is 16.2. The Hall–Kier alpha value is -3.09. The number of amides is 1. The van der Waals surface area contributed by atoms with Gasteiger partial charge in [0.15, 0.2) is 0 Å². The molecule has 0 bridgehead atoms. The lowest BCUT2D eigenvalue weighted by atomic mass is 9.98. The smallest absolute Gasteiger partial charge is 0.254 e. The second kappa shape index (κ2) is 12.2. The molecule has 0 fully saturated rings. The minimum absolute atomic E-state index is 0.137. The number of anilines is 1. The predicted molar refractivity (Wildman–Crippen MR) is 135 cm³/mol. The Balaban J connectivity index is 0.00000149. The van der Waals surface area contributed by atoms with Crippen LogP contribution in [0.5, 0.6) is 0 Å². The van der Waals surface area contributed by atoms with Crippen molar-refractivity contribution in [1.82, 2.24) is 9.80 Å². The second-order valence-electron chi connectivity index (χ2n) is 8.31. The molecule has 2 aromatic carbocycles. The number of hydrogen-bond acceptors (Lipinski definition) is 5. The first kappa shape index (κ1) is 24.6. The van der Waals surface area contributed by atoms with Gasteiger partial charge in [-0.1, -0.05) is 36.4 Å². The van der Waals surface area contributed by atoms with E-state index in [9.17, 15) is 4.79 Å². The first-order valence-corrected chi connectivity index (χ1v) is 11.7. The van der Waals surface area contributed by atoms with Gasteiger partial charge in [-0.2, -0.15) is 0 Å². The Labute approximate surface area is 197 Å². The third-order valence-electron chi connectivity index (χ3n) is 6.21. The summed E-state index contributed by atoms with van der Waals surface area (Å²) in [7, 11) is 1.00. The molecule has 4 N–H and O–H groups in total. The van der Waals surface area contributed by atoms with Crippen LogP contribution in [-0.4, -0.2) is 54.1 Å². The van der Waals surface area contributed by atoms with Crippen molar-refractivity contribution in [3.8, 4) is 0 Å². The average molecular weight is 449 g/mol. The van der Waals surface area contributed by atoms with E-state index in [2.05, 4.69) is 40.5 Å². The minimum atomic E-state index is 0.137. The molecule has 2 aliphatic rings. The number of carbonyl (C=O) groups excluding carboxylic acids is 1. The number of fused-ring (bicyclic) bond motifs is 2. The molecule has 176 valence electrons. The van der Waals surface area contributed by atoms with Gasteiger partial charge in [-0.25, -0.2) is 0 Å². The molecule has 33 heavy (non-hydrogen) atoms. The van der Waals surface area contributed by atoms with E-state index < -0.39 is 0 Å². The van der Waals surface area contributed by atoms with Crippen molar-refractivity contribution in [3.63, 3.8) is 0 Å². The van der Waals surface area contributed by atoms with E-state index in [1.165, 1.54) is 17.3 Å². The molecule has 4 rings (SSSR count). The zero-order valence-corrected chi connectivity index (χ0v) is 19.8. The molecule has 2 aromatic rings. The Morgan fingerprint density at radius 3 is 2.58 bits per heavy atom. The van der Waals surface area contributed by atoms with Crippen LogP contribution in [0, 0.1) is 0 Å². The zero-order chi connectivity index (χ0) is 23.6. The number of aliphatic hydroxyl groups is 1. The summed E-state index contributed by atoms with van der Waals surface area (Å²) in [5, 5.41) is 10.3. The van der Waals surface area contributed by atoms with Gasteiger partial charge in [0.25, 0.3) is 5.91 Å². The first-order valence-electron chi connectivity index (χ1n) is 11.7. The van der Waals surface area contributed by atoms with E-state index in [4.69, 9.17) is 10.8 Å². The number of benzene rings is 2. The SMILES string of the molecule is C/C=C\C(=C/N)Nc1ccc2c(c1)C(=O)N(CCCN1CCc3ccccc3C1)CC2.CO. The summed E-state index contributed by atoms with van der Waals surface area (Å²) >= 11 is 0. The number of allylic oxidation sites excluding steroid dienone is 2. The minimum Gasteiger partial charge on any atom is -0.403 e. The fourth-order valence-electron chi connectivity index (χ4n) is 4.53. The molecule has 2 aliphatic heterocycles. The standard InChI is InChI=1S/C26H32N4O.CH4O/c1-2-6-24(18-27)28-23-10-9-21-12-16-30(26(31)25(21)17-23)14-5-13-29-15-11-20-7-3-4-8-22(20)19-29;1-2/h2-4,6-10,17-18,28H,5,11-16,19,27H2,1H3;2H,1H3/b6-2-,24-18+;. The summed E-state index contributed by atoms with van der Waals surface area (Å²) in [6.45, 7) is 6.70. The van der Waals surface area contributed by atoms with E-state index in [0.29, 0.717) is 0 Å². The molecule has 1 amide bonds. The lowest BCUT2D eigenvalue weighted by Crippen LogP contribution is -2.40. The monoisotopic (exact) mass is 448 g/mol.